The van der Waals surface area contributed by atoms with Crippen molar-refractivity contribution in [1.82, 2.24) is 4.90 Å². The highest BCUT2D eigenvalue weighted by Gasteiger charge is 2.51. The van der Waals surface area contributed by atoms with E-state index in [2.05, 4.69) is 4.90 Å². The molecule has 2 atom stereocenters. The largest absolute Gasteiger partial charge is 0.481 e. The third-order valence-corrected chi connectivity index (χ3v) is 4.24. The number of hydrogen-bond acceptors (Lipinski definition) is 3. The van der Waals surface area contributed by atoms with Crippen molar-refractivity contribution in [3.05, 3.63) is 0 Å². The monoisotopic (exact) mass is 229 g/mol. The Morgan fingerprint density at radius 3 is 2.56 bits per heavy atom. The molecule has 0 aromatic heterocycles. The van der Waals surface area contributed by atoms with Crippen LogP contribution in [0.5, 0.6) is 0 Å². The van der Waals surface area contributed by atoms with Crippen LogP contribution in [0.25, 0.3) is 0 Å². The Labute approximate surface area is 97.3 Å². The lowest BCUT2D eigenvalue weighted by atomic mass is 9.68. The minimum atomic E-state index is -1.07. The van der Waals surface area contributed by atoms with Gasteiger partial charge in [-0.15, -0.1) is 0 Å². The van der Waals surface area contributed by atoms with Gasteiger partial charge in [0.1, 0.15) is 0 Å². The van der Waals surface area contributed by atoms with Crippen molar-refractivity contribution in [3.63, 3.8) is 0 Å². The predicted octanol–water partition coefficient (Wildman–Crippen LogP) is 1.33. The minimum Gasteiger partial charge on any atom is -0.481 e. The molecule has 0 saturated carbocycles. The van der Waals surface area contributed by atoms with Crippen LogP contribution in [-0.2, 0) is 4.79 Å². The molecule has 16 heavy (non-hydrogen) atoms. The van der Waals surface area contributed by atoms with Crippen molar-refractivity contribution < 1.29 is 15.0 Å². The van der Waals surface area contributed by atoms with Gasteiger partial charge in [-0.2, -0.15) is 0 Å². The molecule has 2 N–H and O–H groups in total. The van der Waals surface area contributed by atoms with Crippen molar-refractivity contribution >= 4 is 5.97 Å². The van der Waals surface area contributed by atoms with E-state index in [1.165, 1.54) is 0 Å². The van der Waals surface area contributed by atoms with E-state index < -0.39 is 17.0 Å². The number of likely N-dealkylation sites (tertiary alicyclic amines) is 1. The highest BCUT2D eigenvalue weighted by molar-refractivity contribution is 5.75. The molecular formula is C12H23NO3. The Morgan fingerprint density at radius 2 is 2.06 bits per heavy atom. The van der Waals surface area contributed by atoms with Crippen LogP contribution in [-0.4, -0.2) is 46.8 Å². The Balaban J connectivity index is 2.93. The first-order valence-electron chi connectivity index (χ1n) is 6.00. The fourth-order valence-corrected chi connectivity index (χ4v) is 2.49. The number of nitrogens with zero attached hydrogens (tertiary/aromatic N) is 1. The van der Waals surface area contributed by atoms with E-state index in [0.717, 1.165) is 19.5 Å². The average molecular weight is 229 g/mol. The second kappa shape index (κ2) is 4.72. The zero-order chi connectivity index (χ0) is 12.4. The van der Waals surface area contributed by atoms with Gasteiger partial charge in [0.05, 0.1) is 11.0 Å². The van der Waals surface area contributed by atoms with Gasteiger partial charge in [0.25, 0.3) is 0 Å². The van der Waals surface area contributed by atoms with Gasteiger partial charge in [-0.1, -0.05) is 6.92 Å². The third-order valence-electron chi connectivity index (χ3n) is 4.24. The second-order valence-corrected chi connectivity index (χ2v) is 5.18. The second-order valence-electron chi connectivity index (χ2n) is 5.18. The zero-order valence-electron chi connectivity index (χ0n) is 10.5. The molecule has 1 aliphatic rings. The zero-order valence-corrected chi connectivity index (χ0v) is 10.5. The van der Waals surface area contributed by atoms with Crippen LogP contribution in [0.3, 0.4) is 0 Å². The van der Waals surface area contributed by atoms with Gasteiger partial charge in [0.2, 0.25) is 0 Å². The van der Waals surface area contributed by atoms with Crippen molar-refractivity contribution in [3.8, 4) is 0 Å². The van der Waals surface area contributed by atoms with Gasteiger partial charge in [0.15, 0.2) is 0 Å². The summed E-state index contributed by atoms with van der Waals surface area (Å²) >= 11 is 0. The summed E-state index contributed by atoms with van der Waals surface area (Å²) in [4.78, 5) is 13.5. The summed E-state index contributed by atoms with van der Waals surface area (Å²) in [5, 5.41) is 20.0. The number of carboxylic acids is 1. The van der Waals surface area contributed by atoms with Crippen molar-refractivity contribution in [2.75, 3.05) is 20.1 Å². The fourth-order valence-electron chi connectivity index (χ4n) is 2.49. The number of carboxylic acid groups (broad SMARTS) is 1. The lowest BCUT2D eigenvalue weighted by Crippen LogP contribution is -2.51. The van der Waals surface area contributed by atoms with Gasteiger partial charge >= 0.3 is 5.97 Å². The standard InChI is InChI=1S/C12H23NO3/c1-4-11(2,10(14)15)12(16)6-5-8-13(3)9-7-12/h16H,4-9H2,1-3H3,(H,14,15). The van der Waals surface area contributed by atoms with Crippen LogP contribution in [0, 0.1) is 5.41 Å². The van der Waals surface area contributed by atoms with E-state index in [1.807, 2.05) is 14.0 Å². The van der Waals surface area contributed by atoms with Gasteiger partial charge < -0.3 is 15.1 Å². The molecule has 0 amide bonds. The number of rotatable bonds is 3. The maximum absolute atomic E-state index is 11.4. The quantitative estimate of drug-likeness (QED) is 0.766. The van der Waals surface area contributed by atoms with Gasteiger partial charge in [0, 0.05) is 6.54 Å². The topological polar surface area (TPSA) is 60.8 Å². The van der Waals surface area contributed by atoms with E-state index in [0.29, 0.717) is 19.3 Å². The Hall–Kier alpha value is -0.610. The molecule has 1 aliphatic heterocycles. The molecule has 0 aliphatic carbocycles. The molecule has 0 spiro atoms. The molecule has 0 radical (unpaired) electrons. The summed E-state index contributed by atoms with van der Waals surface area (Å²) in [7, 11) is 2.01. The lowest BCUT2D eigenvalue weighted by Gasteiger charge is -2.41. The first-order chi connectivity index (χ1) is 7.35. The van der Waals surface area contributed by atoms with Gasteiger partial charge in [-0.25, -0.2) is 0 Å². The van der Waals surface area contributed by atoms with E-state index >= 15 is 0 Å². The molecule has 4 nitrogen and oxygen atoms in total. The number of aliphatic hydroxyl groups is 1. The smallest absolute Gasteiger partial charge is 0.312 e. The van der Waals surface area contributed by atoms with E-state index in [4.69, 9.17) is 0 Å². The van der Waals surface area contributed by atoms with Crippen LogP contribution >= 0.6 is 0 Å². The molecule has 2 unspecified atom stereocenters. The lowest BCUT2D eigenvalue weighted by molar-refractivity contribution is -0.169. The average Bonchev–Trinajstić information content (AvgIpc) is 2.40. The molecule has 0 aromatic carbocycles. The first-order valence-corrected chi connectivity index (χ1v) is 6.00. The minimum absolute atomic E-state index is 0.461. The predicted molar refractivity (Wildman–Crippen MR) is 62.3 cm³/mol. The van der Waals surface area contributed by atoms with Crippen molar-refractivity contribution in [2.24, 2.45) is 5.41 Å². The molecular weight excluding hydrogens is 206 g/mol. The van der Waals surface area contributed by atoms with Crippen LogP contribution < -0.4 is 0 Å². The maximum atomic E-state index is 11.4. The Bertz CT molecular complexity index is 269. The summed E-state index contributed by atoms with van der Waals surface area (Å²) in [5.41, 5.74) is -2.10. The fraction of sp³-hybridized carbons (Fsp3) is 0.917. The van der Waals surface area contributed by atoms with Gasteiger partial charge in [-0.05, 0) is 46.2 Å². The highest BCUT2D eigenvalue weighted by atomic mass is 16.4. The van der Waals surface area contributed by atoms with Crippen molar-refractivity contribution in [1.29, 1.82) is 0 Å². The summed E-state index contributed by atoms with van der Waals surface area (Å²) in [6.07, 6.45) is 2.44. The SMILES string of the molecule is CCC(C)(C(=O)O)C1(O)CCCN(C)CC1. The Kier molecular flexibility index (Phi) is 3.97. The summed E-state index contributed by atoms with van der Waals surface area (Å²) in [5.74, 6) is -0.887. The third kappa shape index (κ3) is 2.23. The van der Waals surface area contributed by atoms with Crippen LogP contribution in [0.1, 0.15) is 39.5 Å². The van der Waals surface area contributed by atoms with E-state index in [1.54, 1.807) is 6.92 Å². The van der Waals surface area contributed by atoms with Crippen LogP contribution in [0.15, 0.2) is 0 Å². The summed E-state index contributed by atoms with van der Waals surface area (Å²) in [6.45, 7) is 5.20. The molecule has 0 bridgehead atoms. The molecule has 0 aromatic rings. The maximum Gasteiger partial charge on any atom is 0.312 e. The summed E-state index contributed by atoms with van der Waals surface area (Å²) in [6, 6.07) is 0. The molecule has 1 rings (SSSR count). The molecule has 4 heteroatoms. The van der Waals surface area contributed by atoms with Gasteiger partial charge in [-0.3, -0.25) is 4.79 Å². The van der Waals surface area contributed by atoms with E-state index in [9.17, 15) is 15.0 Å². The Morgan fingerprint density at radius 1 is 1.44 bits per heavy atom. The van der Waals surface area contributed by atoms with E-state index in [-0.39, 0.29) is 0 Å². The van der Waals surface area contributed by atoms with Crippen LogP contribution in [0.4, 0.5) is 0 Å². The normalized spacial score (nSPS) is 31.8. The molecule has 1 fully saturated rings. The highest BCUT2D eigenvalue weighted by Crippen LogP contribution is 2.42. The number of hydrogen-bond donors (Lipinski definition) is 2. The molecule has 94 valence electrons. The molecule has 1 saturated heterocycles. The number of aliphatic carboxylic acids is 1. The molecule has 1 heterocycles. The van der Waals surface area contributed by atoms with Crippen molar-refractivity contribution in [2.45, 2.75) is 45.1 Å². The first kappa shape index (κ1) is 13.5. The summed E-state index contributed by atoms with van der Waals surface area (Å²) < 4.78 is 0. The number of carbonyl (C=O) groups is 1. The van der Waals surface area contributed by atoms with Crippen LogP contribution in [0.2, 0.25) is 0 Å².